The Bertz CT molecular complexity index is 504. The molecule has 7 heteroatoms. The zero-order valence-electron chi connectivity index (χ0n) is 8.36. The van der Waals surface area contributed by atoms with Gasteiger partial charge in [-0.1, -0.05) is 0 Å². The van der Waals surface area contributed by atoms with E-state index in [-0.39, 0.29) is 5.75 Å². The van der Waals surface area contributed by atoms with Crippen LogP contribution in [0.4, 0.5) is 5.69 Å². The Balaban J connectivity index is 2.21. The SMILES string of the molecule is O=C1C=CC(=O)N1c1ccc(OS(=O)[O-])cc1. The maximum absolute atomic E-state index is 11.3. The van der Waals surface area contributed by atoms with Gasteiger partial charge in [-0.2, -0.15) is 0 Å². The van der Waals surface area contributed by atoms with Crippen LogP contribution in [0.5, 0.6) is 5.75 Å². The molecule has 17 heavy (non-hydrogen) atoms. The summed E-state index contributed by atoms with van der Waals surface area (Å²) in [5, 5.41) is 0. The maximum atomic E-state index is 11.3. The summed E-state index contributed by atoms with van der Waals surface area (Å²) in [6, 6.07) is 5.55. The molecule has 1 aliphatic heterocycles. The summed E-state index contributed by atoms with van der Waals surface area (Å²) in [7, 11) is 0. The minimum Gasteiger partial charge on any atom is -0.740 e. The lowest BCUT2D eigenvalue weighted by molar-refractivity contribution is -0.119. The third kappa shape index (κ3) is 2.40. The fourth-order valence-electron chi connectivity index (χ4n) is 1.38. The summed E-state index contributed by atoms with van der Waals surface area (Å²) >= 11 is -2.65. The highest BCUT2D eigenvalue weighted by molar-refractivity contribution is 7.74. The molecular weight excluding hydrogens is 246 g/mol. The number of nitrogens with zero attached hydrogens (tertiary/aromatic N) is 1. The molecular formula is C10H6NO5S-. The number of carbonyl (C=O) groups is 2. The van der Waals surface area contributed by atoms with Gasteiger partial charge in [0, 0.05) is 12.2 Å². The molecule has 1 atom stereocenters. The summed E-state index contributed by atoms with van der Waals surface area (Å²) < 4.78 is 24.9. The predicted octanol–water partition coefficient (Wildman–Crippen LogP) is 0.289. The molecule has 88 valence electrons. The first-order chi connectivity index (χ1) is 8.08. The van der Waals surface area contributed by atoms with Crippen LogP contribution in [0.1, 0.15) is 0 Å². The minimum atomic E-state index is -2.65. The number of rotatable bonds is 3. The van der Waals surface area contributed by atoms with E-state index in [1.165, 1.54) is 36.4 Å². The van der Waals surface area contributed by atoms with Gasteiger partial charge in [0.15, 0.2) is 0 Å². The topological polar surface area (TPSA) is 86.7 Å². The molecule has 0 radical (unpaired) electrons. The summed E-state index contributed by atoms with van der Waals surface area (Å²) in [5.41, 5.74) is 0.356. The van der Waals surface area contributed by atoms with Gasteiger partial charge in [0.05, 0.1) is 5.69 Å². The lowest BCUT2D eigenvalue weighted by atomic mass is 10.3. The molecule has 1 unspecified atom stereocenters. The zero-order valence-corrected chi connectivity index (χ0v) is 9.18. The Morgan fingerprint density at radius 2 is 1.59 bits per heavy atom. The fourth-order valence-corrected chi connectivity index (χ4v) is 1.65. The first kappa shape index (κ1) is 11.5. The van der Waals surface area contributed by atoms with Gasteiger partial charge in [-0.25, -0.2) is 9.11 Å². The molecule has 0 spiro atoms. The van der Waals surface area contributed by atoms with Crippen molar-refractivity contribution in [2.45, 2.75) is 0 Å². The fraction of sp³-hybridized carbons (Fsp3) is 0. The van der Waals surface area contributed by atoms with Gasteiger partial charge in [0.1, 0.15) is 17.1 Å². The summed E-state index contributed by atoms with van der Waals surface area (Å²) in [5.74, 6) is -0.763. The van der Waals surface area contributed by atoms with Crippen LogP contribution in [0.3, 0.4) is 0 Å². The molecule has 0 aromatic heterocycles. The Morgan fingerprint density at radius 1 is 1.06 bits per heavy atom. The minimum absolute atomic E-state index is 0.106. The molecule has 2 rings (SSSR count). The third-order valence-corrected chi connectivity index (χ3v) is 2.40. The smallest absolute Gasteiger partial charge is 0.258 e. The van der Waals surface area contributed by atoms with Crippen LogP contribution in [-0.4, -0.2) is 20.6 Å². The second-order valence-corrected chi connectivity index (χ2v) is 3.70. The summed E-state index contributed by atoms with van der Waals surface area (Å²) in [4.78, 5) is 23.6. The first-order valence-electron chi connectivity index (χ1n) is 4.52. The van der Waals surface area contributed by atoms with Gasteiger partial charge in [0.2, 0.25) is 0 Å². The third-order valence-electron chi connectivity index (χ3n) is 2.07. The van der Waals surface area contributed by atoms with Crippen molar-refractivity contribution in [2.75, 3.05) is 4.90 Å². The first-order valence-corrected chi connectivity index (χ1v) is 5.52. The van der Waals surface area contributed by atoms with Gasteiger partial charge in [0.25, 0.3) is 11.8 Å². The van der Waals surface area contributed by atoms with Crippen molar-refractivity contribution in [2.24, 2.45) is 0 Å². The average Bonchev–Trinajstić information content (AvgIpc) is 2.59. The van der Waals surface area contributed by atoms with Crippen molar-refractivity contribution in [1.82, 2.24) is 0 Å². The predicted molar refractivity (Wildman–Crippen MR) is 57.6 cm³/mol. The molecule has 1 aromatic carbocycles. The second kappa shape index (κ2) is 4.48. The summed E-state index contributed by atoms with van der Waals surface area (Å²) in [6.07, 6.45) is 2.33. The standard InChI is InChI=1S/C10H7NO5S/c12-9-5-6-10(13)11(9)7-1-3-8(4-2-7)16-17(14)15/h1-6H,(H,14,15)/p-1. The molecule has 0 aliphatic carbocycles. The Labute approximate surface area is 99.0 Å². The van der Waals surface area contributed by atoms with Gasteiger partial charge in [-0.3, -0.25) is 9.59 Å². The van der Waals surface area contributed by atoms with Crippen LogP contribution >= 0.6 is 0 Å². The second-order valence-electron chi connectivity index (χ2n) is 3.13. The molecule has 6 nitrogen and oxygen atoms in total. The Hall–Kier alpha value is -1.99. The van der Waals surface area contributed by atoms with Crippen LogP contribution in [0.15, 0.2) is 36.4 Å². The van der Waals surface area contributed by atoms with Gasteiger partial charge < -0.3 is 8.74 Å². The lowest BCUT2D eigenvalue weighted by Crippen LogP contribution is -2.29. The normalized spacial score (nSPS) is 16.4. The molecule has 0 saturated carbocycles. The molecule has 0 fully saturated rings. The van der Waals surface area contributed by atoms with Crippen molar-refractivity contribution >= 4 is 28.9 Å². The molecule has 0 N–H and O–H groups in total. The van der Waals surface area contributed by atoms with E-state index in [1.54, 1.807) is 0 Å². The quantitative estimate of drug-likeness (QED) is 0.570. The number of hydrogen-bond acceptors (Lipinski definition) is 5. The number of hydrogen-bond donors (Lipinski definition) is 0. The van der Waals surface area contributed by atoms with Crippen LogP contribution < -0.4 is 9.08 Å². The van der Waals surface area contributed by atoms with Crippen molar-refractivity contribution in [1.29, 1.82) is 0 Å². The van der Waals surface area contributed by atoms with E-state index in [2.05, 4.69) is 4.18 Å². The largest absolute Gasteiger partial charge is 0.740 e. The van der Waals surface area contributed by atoms with Crippen molar-refractivity contribution in [3.63, 3.8) is 0 Å². The van der Waals surface area contributed by atoms with Crippen molar-refractivity contribution < 1.29 is 22.5 Å². The highest BCUT2D eigenvalue weighted by Gasteiger charge is 2.24. The van der Waals surface area contributed by atoms with E-state index in [0.29, 0.717) is 5.69 Å². The van der Waals surface area contributed by atoms with E-state index in [4.69, 9.17) is 0 Å². The van der Waals surface area contributed by atoms with E-state index in [1.807, 2.05) is 0 Å². The monoisotopic (exact) mass is 252 g/mol. The van der Waals surface area contributed by atoms with E-state index in [0.717, 1.165) is 4.90 Å². The molecule has 1 aromatic rings. The Kier molecular flexibility index (Phi) is 3.03. The summed E-state index contributed by atoms with van der Waals surface area (Å²) in [6.45, 7) is 0. The van der Waals surface area contributed by atoms with Gasteiger partial charge >= 0.3 is 0 Å². The number of benzene rings is 1. The highest BCUT2D eigenvalue weighted by Crippen LogP contribution is 2.22. The lowest BCUT2D eigenvalue weighted by Gasteiger charge is -2.14. The van der Waals surface area contributed by atoms with Gasteiger partial charge in [-0.15, -0.1) is 0 Å². The zero-order chi connectivity index (χ0) is 12.4. The molecule has 1 heterocycles. The van der Waals surface area contributed by atoms with E-state index >= 15 is 0 Å². The van der Waals surface area contributed by atoms with Gasteiger partial charge in [-0.05, 0) is 24.3 Å². The van der Waals surface area contributed by atoms with Crippen LogP contribution in [0, 0.1) is 0 Å². The highest BCUT2D eigenvalue weighted by atomic mass is 32.2. The maximum Gasteiger partial charge on any atom is 0.258 e. The number of amides is 2. The van der Waals surface area contributed by atoms with Crippen LogP contribution in [0.2, 0.25) is 0 Å². The molecule has 2 amide bonds. The molecule has 1 aliphatic rings. The van der Waals surface area contributed by atoms with Crippen molar-refractivity contribution in [3.8, 4) is 5.75 Å². The molecule has 0 bridgehead atoms. The number of carbonyl (C=O) groups excluding carboxylic acids is 2. The average molecular weight is 252 g/mol. The number of anilines is 1. The van der Waals surface area contributed by atoms with Crippen LogP contribution in [0.25, 0.3) is 0 Å². The van der Waals surface area contributed by atoms with Crippen LogP contribution in [-0.2, 0) is 21.0 Å². The van der Waals surface area contributed by atoms with E-state index in [9.17, 15) is 18.4 Å². The number of imide groups is 1. The van der Waals surface area contributed by atoms with E-state index < -0.39 is 23.2 Å². The Morgan fingerprint density at radius 3 is 2.06 bits per heavy atom. The molecule has 0 saturated heterocycles. The van der Waals surface area contributed by atoms with Crippen molar-refractivity contribution in [3.05, 3.63) is 36.4 Å².